The number of rotatable bonds is 4. The molecule has 1 fully saturated rings. The van der Waals surface area contributed by atoms with Crippen molar-refractivity contribution >= 4 is 31.5 Å². The van der Waals surface area contributed by atoms with Gasteiger partial charge in [0.1, 0.15) is 0 Å². The molecule has 0 spiro atoms. The lowest BCUT2D eigenvalue weighted by Crippen LogP contribution is -2.15. The van der Waals surface area contributed by atoms with Crippen molar-refractivity contribution in [1.29, 1.82) is 0 Å². The molecule has 2 rings (SSSR count). The van der Waals surface area contributed by atoms with Crippen molar-refractivity contribution in [2.24, 2.45) is 0 Å². The quantitative estimate of drug-likeness (QED) is 0.859. The monoisotopic (exact) mass is 333 g/mol. The van der Waals surface area contributed by atoms with Gasteiger partial charge in [-0.25, -0.2) is 8.42 Å². The van der Waals surface area contributed by atoms with E-state index >= 15 is 0 Å². The molecule has 1 atom stereocenters. The predicted octanol–water partition coefficient (Wildman–Crippen LogP) is 2.37. The van der Waals surface area contributed by atoms with Crippen molar-refractivity contribution in [3.63, 3.8) is 0 Å². The Balaban J connectivity index is 2.12. The maximum atomic E-state index is 12.2. The molecule has 0 amide bonds. The molecule has 18 heavy (non-hydrogen) atoms. The molecule has 2 N–H and O–H groups in total. The highest BCUT2D eigenvalue weighted by atomic mass is 79.9. The molecule has 4 nitrogen and oxygen atoms in total. The van der Waals surface area contributed by atoms with Crippen molar-refractivity contribution < 1.29 is 13.2 Å². The Labute approximate surface area is 116 Å². The fourth-order valence-corrected chi connectivity index (χ4v) is 4.09. The number of hydrogen-bond acceptors (Lipinski definition) is 4. The van der Waals surface area contributed by atoms with Gasteiger partial charge in [0.05, 0.1) is 22.4 Å². The minimum absolute atomic E-state index is 0.0770. The third-order valence-corrected chi connectivity index (χ3v) is 5.33. The topological polar surface area (TPSA) is 69.4 Å². The van der Waals surface area contributed by atoms with Gasteiger partial charge in [-0.2, -0.15) is 0 Å². The third kappa shape index (κ3) is 3.24. The smallest absolute Gasteiger partial charge is 0.180 e. The molecule has 100 valence electrons. The van der Waals surface area contributed by atoms with Gasteiger partial charge in [0, 0.05) is 11.1 Å². The Hall–Kier alpha value is -0.590. The molecule has 0 radical (unpaired) electrons. The summed E-state index contributed by atoms with van der Waals surface area (Å²) in [5.41, 5.74) is 6.02. The SMILES string of the molecule is Nc1ccc(Br)cc1S(=O)(=O)CCC1CCCO1. The number of hydrogen-bond donors (Lipinski definition) is 1. The molecule has 1 aromatic carbocycles. The van der Waals surface area contributed by atoms with Gasteiger partial charge in [0.25, 0.3) is 0 Å². The van der Waals surface area contributed by atoms with Crippen LogP contribution in [0.4, 0.5) is 5.69 Å². The van der Waals surface area contributed by atoms with E-state index in [1.54, 1.807) is 18.2 Å². The molecule has 0 bridgehead atoms. The second kappa shape index (κ2) is 5.59. The average molecular weight is 334 g/mol. The van der Waals surface area contributed by atoms with Crippen molar-refractivity contribution in [2.45, 2.75) is 30.3 Å². The van der Waals surface area contributed by atoms with Crippen molar-refractivity contribution in [1.82, 2.24) is 0 Å². The Morgan fingerprint density at radius 3 is 2.89 bits per heavy atom. The molecule has 1 heterocycles. The van der Waals surface area contributed by atoms with E-state index in [1.165, 1.54) is 0 Å². The van der Waals surface area contributed by atoms with E-state index in [9.17, 15) is 8.42 Å². The second-order valence-electron chi connectivity index (χ2n) is 4.42. The Morgan fingerprint density at radius 1 is 1.44 bits per heavy atom. The minimum atomic E-state index is -3.34. The minimum Gasteiger partial charge on any atom is -0.398 e. The van der Waals surface area contributed by atoms with Gasteiger partial charge >= 0.3 is 0 Å². The predicted molar refractivity (Wildman–Crippen MR) is 74.2 cm³/mol. The lowest BCUT2D eigenvalue weighted by Gasteiger charge is -2.11. The zero-order valence-electron chi connectivity index (χ0n) is 9.93. The standard InChI is InChI=1S/C12H16BrNO3S/c13-9-3-4-11(14)12(8-9)18(15,16)7-5-10-2-1-6-17-10/h3-4,8,10H,1-2,5-7,14H2. The summed E-state index contributed by atoms with van der Waals surface area (Å²) in [5.74, 6) is 0.0817. The molecular weight excluding hydrogens is 318 g/mol. The summed E-state index contributed by atoms with van der Waals surface area (Å²) in [6.45, 7) is 0.740. The van der Waals surface area contributed by atoms with Crippen LogP contribution in [0.15, 0.2) is 27.6 Å². The van der Waals surface area contributed by atoms with Crippen LogP contribution in [0.2, 0.25) is 0 Å². The van der Waals surface area contributed by atoms with Crippen LogP contribution in [0.1, 0.15) is 19.3 Å². The molecule has 1 aliphatic rings. The summed E-state index contributed by atoms with van der Waals surface area (Å²) in [4.78, 5) is 0.204. The van der Waals surface area contributed by atoms with E-state index in [-0.39, 0.29) is 16.8 Å². The summed E-state index contributed by atoms with van der Waals surface area (Å²) in [5, 5.41) is 0. The summed E-state index contributed by atoms with van der Waals surface area (Å²) in [7, 11) is -3.34. The summed E-state index contributed by atoms with van der Waals surface area (Å²) >= 11 is 3.26. The van der Waals surface area contributed by atoms with Crippen LogP contribution in [0.5, 0.6) is 0 Å². The van der Waals surface area contributed by atoms with Crippen LogP contribution in [-0.2, 0) is 14.6 Å². The number of sulfone groups is 1. The molecule has 1 unspecified atom stereocenters. The highest BCUT2D eigenvalue weighted by Crippen LogP contribution is 2.25. The number of ether oxygens (including phenoxy) is 1. The van der Waals surface area contributed by atoms with E-state index in [0.29, 0.717) is 16.6 Å². The number of anilines is 1. The number of halogens is 1. The zero-order chi connectivity index (χ0) is 13.2. The normalized spacial score (nSPS) is 20.2. The number of benzene rings is 1. The van der Waals surface area contributed by atoms with Gasteiger partial charge in [-0.15, -0.1) is 0 Å². The van der Waals surface area contributed by atoms with Gasteiger partial charge in [-0.3, -0.25) is 0 Å². The number of nitrogen functional groups attached to an aromatic ring is 1. The maximum Gasteiger partial charge on any atom is 0.180 e. The molecule has 1 aliphatic heterocycles. The van der Waals surface area contributed by atoms with E-state index in [4.69, 9.17) is 10.5 Å². The molecule has 0 aromatic heterocycles. The Kier molecular flexibility index (Phi) is 4.29. The molecule has 6 heteroatoms. The van der Waals surface area contributed by atoms with Crippen molar-refractivity contribution in [2.75, 3.05) is 18.1 Å². The third-order valence-electron chi connectivity index (χ3n) is 3.04. The number of nitrogens with two attached hydrogens (primary N) is 1. The molecule has 1 aromatic rings. The fraction of sp³-hybridized carbons (Fsp3) is 0.500. The average Bonchev–Trinajstić information content (AvgIpc) is 2.83. The van der Waals surface area contributed by atoms with Gasteiger partial charge in [0.15, 0.2) is 9.84 Å². The zero-order valence-corrected chi connectivity index (χ0v) is 12.3. The van der Waals surface area contributed by atoms with Crippen molar-refractivity contribution in [3.8, 4) is 0 Å². The fourth-order valence-electron chi connectivity index (χ4n) is 2.05. The maximum absolute atomic E-state index is 12.2. The molecule has 1 saturated heterocycles. The largest absolute Gasteiger partial charge is 0.398 e. The van der Waals surface area contributed by atoms with Crippen LogP contribution in [0, 0.1) is 0 Å². The summed E-state index contributed by atoms with van der Waals surface area (Å²) in [6.07, 6.45) is 2.58. The molecular formula is C12H16BrNO3S. The van der Waals surface area contributed by atoms with Crippen LogP contribution in [0.25, 0.3) is 0 Å². The first-order valence-corrected chi connectivity index (χ1v) is 8.33. The van der Waals surface area contributed by atoms with E-state index in [1.807, 2.05) is 0 Å². The Morgan fingerprint density at radius 2 is 2.22 bits per heavy atom. The highest BCUT2D eigenvalue weighted by Gasteiger charge is 2.22. The van der Waals surface area contributed by atoms with Gasteiger partial charge in [-0.05, 0) is 37.5 Å². The van der Waals surface area contributed by atoms with Gasteiger partial charge in [0.2, 0.25) is 0 Å². The highest BCUT2D eigenvalue weighted by molar-refractivity contribution is 9.10. The van der Waals surface area contributed by atoms with Gasteiger partial charge < -0.3 is 10.5 Å². The summed E-state index contributed by atoms with van der Waals surface area (Å²) < 4.78 is 30.6. The lowest BCUT2D eigenvalue weighted by molar-refractivity contribution is 0.109. The van der Waals surface area contributed by atoms with E-state index < -0.39 is 9.84 Å². The summed E-state index contributed by atoms with van der Waals surface area (Å²) in [6, 6.07) is 4.89. The van der Waals surface area contributed by atoms with Gasteiger partial charge in [-0.1, -0.05) is 15.9 Å². The first kappa shape index (κ1) is 13.8. The van der Waals surface area contributed by atoms with Crippen LogP contribution in [0.3, 0.4) is 0 Å². The van der Waals surface area contributed by atoms with E-state index in [2.05, 4.69) is 15.9 Å². The molecule has 0 saturated carbocycles. The molecule has 0 aliphatic carbocycles. The Bertz CT molecular complexity index is 524. The van der Waals surface area contributed by atoms with Crippen LogP contribution >= 0.6 is 15.9 Å². The second-order valence-corrected chi connectivity index (χ2v) is 7.42. The first-order chi connectivity index (χ1) is 8.49. The van der Waals surface area contributed by atoms with Crippen LogP contribution < -0.4 is 5.73 Å². The first-order valence-electron chi connectivity index (χ1n) is 5.88. The van der Waals surface area contributed by atoms with Crippen LogP contribution in [-0.4, -0.2) is 26.9 Å². The van der Waals surface area contributed by atoms with Crippen molar-refractivity contribution in [3.05, 3.63) is 22.7 Å². The lowest BCUT2D eigenvalue weighted by atomic mass is 10.2. The van der Waals surface area contributed by atoms with E-state index in [0.717, 1.165) is 19.4 Å².